The largest absolute Gasteiger partial charge is 0.493 e. The first-order valence-electron chi connectivity index (χ1n) is 7.36. The Morgan fingerprint density at radius 3 is 2.75 bits per heavy atom. The molecule has 1 aromatic carbocycles. The molecule has 0 aliphatic heterocycles. The monoisotopic (exact) mass is 324 g/mol. The average molecular weight is 324 g/mol. The van der Waals surface area contributed by atoms with Crippen molar-refractivity contribution in [2.45, 2.75) is 13.5 Å². The second-order valence-corrected chi connectivity index (χ2v) is 5.26. The maximum Gasteiger partial charge on any atom is 0.258 e. The number of pyridine rings is 1. The number of aromatic nitrogens is 2. The average Bonchev–Trinajstić information content (AvgIpc) is 2.59. The molecule has 0 amide bonds. The van der Waals surface area contributed by atoms with E-state index in [1.165, 1.54) is 13.2 Å². The first-order valence-corrected chi connectivity index (χ1v) is 7.36. The van der Waals surface area contributed by atoms with E-state index in [9.17, 15) is 9.59 Å². The van der Waals surface area contributed by atoms with Crippen LogP contribution < -0.4 is 15.0 Å². The van der Waals surface area contributed by atoms with E-state index >= 15 is 0 Å². The second kappa shape index (κ2) is 6.54. The Morgan fingerprint density at radius 1 is 1.17 bits per heavy atom. The van der Waals surface area contributed by atoms with Crippen LogP contribution in [0.15, 0.2) is 47.3 Å². The summed E-state index contributed by atoms with van der Waals surface area (Å²) < 4.78 is 12.5. The fraction of sp³-hybridized carbons (Fsp3) is 0.167. The van der Waals surface area contributed by atoms with Crippen LogP contribution in [-0.2, 0) is 6.61 Å². The summed E-state index contributed by atoms with van der Waals surface area (Å²) in [4.78, 5) is 27.5. The molecule has 0 radical (unpaired) electrons. The Bertz CT molecular complexity index is 963. The summed E-state index contributed by atoms with van der Waals surface area (Å²) >= 11 is 0. The van der Waals surface area contributed by atoms with Crippen LogP contribution in [0.1, 0.15) is 21.7 Å². The number of nitrogens with zero attached hydrogens (tertiary/aromatic N) is 2. The van der Waals surface area contributed by atoms with Crippen molar-refractivity contribution in [1.82, 2.24) is 9.38 Å². The highest BCUT2D eigenvalue weighted by atomic mass is 16.5. The van der Waals surface area contributed by atoms with Gasteiger partial charge in [-0.3, -0.25) is 14.0 Å². The summed E-state index contributed by atoms with van der Waals surface area (Å²) in [5.74, 6) is 0.933. The molecular formula is C18H16N2O4. The molecule has 2 aromatic heterocycles. The van der Waals surface area contributed by atoms with Crippen molar-refractivity contribution in [3.05, 3.63) is 69.8 Å². The Kier molecular flexibility index (Phi) is 4.29. The summed E-state index contributed by atoms with van der Waals surface area (Å²) in [6.45, 7) is 1.97. The zero-order valence-electron chi connectivity index (χ0n) is 13.4. The summed E-state index contributed by atoms with van der Waals surface area (Å²) in [5, 5.41) is 0. The zero-order valence-corrected chi connectivity index (χ0v) is 13.4. The lowest BCUT2D eigenvalue weighted by molar-refractivity contribution is 0.112. The number of carbonyl (C=O) groups is 1. The van der Waals surface area contributed by atoms with Gasteiger partial charge >= 0.3 is 0 Å². The molecule has 0 aliphatic carbocycles. The number of rotatable bonds is 5. The van der Waals surface area contributed by atoms with Crippen molar-refractivity contribution in [2.75, 3.05) is 7.11 Å². The van der Waals surface area contributed by atoms with Crippen LogP contribution in [-0.4, -0.2) is 22.8 Å². The van der Waals surface area contributed by atoms with E-state index in [0.717, 1.165) is 12.0 Å². The van der Waals surface area contributed by atoms with E-state index in [1.807, 2.05) is 19.1 Å². The molecule has 0 saturated heterocycles. The van der Waals surface area contributed by atoms with Crippen LogP contribution in [0.2, 0.25) is 0 Å². The molecule has 0 spiro atoms. The third-order valence-corrected chi connectivity index (χ3v) is 3.63. The van der Waals surface area contributed by atoms with Gasteiger partial charge in [0.15, 0.2) is 11.5 Å². The number of methoxy groups -OCH3 is 1. The summed E-state index contributed by atoms with van der Waals surface area (Å²) in [5.41, 5.74) is 2.26. The van der Waals surface area contributed by atoms with E-state index in [-0.39, 0.29) is 12.2 Å². The number of carbonyl (C=O) groups excluding carboxylic acids is 1. The van der Waals surface area contributed by atoms with Crippen molar-refractivity contribution in [3.8, 4) is 11.5 Å². The minimum absolute atomic E-state index is 0.122. The van der Waals surface area contributed by atoms with Crippen LogP contribution in [0.25, 0.3) is 5.65 Å². The molecule has 122 valence electrons. The number of ether oxygens (including phenoxy) is 2. The van der Waals surface area contributed by atoms with Gasteiger partial charge < -0.3 is 9.47 Å². The zero-order chi connectivity index (χ0) is 17.1. The molecule has 0 aliphatic rings. The van der Waals surface area contributed by atoms with Gasteiger partial charge in [0.2, 0.25) is 0 Å². The molecule has 3 aromatic rings. The highest BCUT2D eigenvalue weighted by molar-refractivity contribution is 5.76. The third kappa shape index (κ3) is 2.99. The van der Waals surface area contributed by atoms with Gasteiger partial charge in [0.05, 0.1) is 12.8 Å². The molecule has 0 unspecified atom stereocenters. The number of hydrogen-bond donors (Lipinski definition) is 0. The van der Waals surface area contributed by atoms with Crippen molar-refractivity contribution in [3.63, 3.8) is 0 Å². The summed E-state index contributed by atoms with van der Waals surface area (Å²) in [6, 6.07) is 11.8. The molecule has 0 fully saturated rings. The van der Waals surface area contributed by atoms with E-state index in [0.29, 0.717) is 28.4 Å². The summed E-state index contributed by atoms with van der Waals surface area (Å²) in [7, 11) is 1.50. The van der Waals surface area contributed by atoms with Crippen LogP contribution >= 0.6 is 0 Å². The number of hydrogen-bond acceptors (Lipinski definition) is 5. The smallest absolute Gasteiger partial charge is 0.258 e. The van der Waals surface area contributed by atoms with E-state index in [1.54, 1.807) is 28.7 Å². The van der Waals surface area contributed by atoms with Gasteiger partial charge in [0.1, 0.15) is 18.5 Å². The molecule has 6 heteroatoms. The Morgan fingerprint density at radius 2 is 2.00 bits per heavy atom. The van der Waals surface area contributed by atoms with E-state index in [2.05, 4.69) is 4.98 Å². The Labute approximate surface area is 138 Å². The van der Waals surface area contributed by atoms with Crippen LogP contribution in [0, 0.1) is 6.92 Å². The fourth-order valence-corrected chi connectivity index (χ4v) is 2.47. The molecular weight excluding hydrogens is 308 g/mol. The molecule has 0 atom stereocenters. The molecule has 0 saturated carbocycles. The fourth-order valence-electron chi connectivity index (χ4n) is 2.47. The first kappa shape index (κ1) is 15.7. The van der Waals surface area contributed by atoms with Gasteiger partial charge in [-0.25, -0.2) is 4.98 Å². The molecule has 24 heavy (non-hydrogen) atoms. The predicted octanol–water partition coefficient (Wildman–Crippen LogP) is 2.40. The number of aryl methyl sites for hydroxylation is 1. The Hall–Kier alpha value is -3.15. The number of aldehydes is 1. The minimum Gasteiger partial charge on any atom is -0.493 e. The highest BCUT2D eigenvalue weighted by Gasteiger charge is 2.08. The van der Waals surface area contributed by atoms with Crippen molar-refractivity contribution in [2.24, 2.45) is 0 Å². The van der Waals surface area contributed by atoms with Crippen LogP contribution in [0.5, 0.6) is 11.5 Å². The number of fused-ring (bicyclic) bond motifs is 1. The highest BCUT2D eigenvalue weighted by Crippen LogP contribution is 2.28. The van der Waals surface area contributed by atoms with Crippen molar-refractivity contribution in [1.29, 1.82) is 0 Å². The molecule has 3 rings (SSSR count). The first-order chi connectivity index (χ1) is 11.6. The quantitative estimate of drug-likeness (QED) is 0.674. The topological polar surface area (TPSA) is 69.9 Å². The normalized spacial score (nSPS) is 10.6. The maximum atomic E-state index is 12.2. The molecule has 2 heterocycles. The molecule has 0 bridgehead atoms. The maximum absolute atomic E-state index is 12.2. The lowest BCUT2D eigenvalue weighted by Gasteiger charge is -2.11. The van der Waals surface area contributed by atoms with Gasteiger partial charge in [-0.1, -0.05) is 6.07 Å². The second-order valence-electron chi connectivity index (χ2n) is 5.26. The lowest BCUT2D eigenvalue weighted by Crippen LogP contribution is -2.18. The predicted molar refractivity (Wildman–Crippen MR) is 88.9 cm³/mol. The lowest BCUT2D eigenvalue weighted by atomic mass is 10.2. The standard InChI is InChI=1S/C18H16N2O4/c1-12-4-3-5-17-19-14(9-18(22)20(12)17)11-24-15-7-6-13(10-21)8-16(15)23-2/h3-10H,11H2,1-2H3. The summed E-state index contributed by atoms with van der Waals surface area (Å²) in [6.07, 6.45) is 0.737. The van der Waals surface area contributed by atoms with Gasteiger partial charge in [-0.05, 0) is 37.3 Å². The SMILES string of the molecule is COc1cc(C=O)ccc1OCc1cc(=O)n2c(C)cccc2n1. The van der Waals surface area contributed by atoms with Gasteiger partial charge in [0.25, 0.3) is 5.56 Å². The van der Waals surface area contributed by atoms with Crippen LogP contribution in [0.4, 0.5) is 0 Å². The molecule has 0 N–H and O–H groups in total. The van der Waals surface area contributed by atoms with Gasteiger partial charge in [-0.2, -0.15) is 0 Å². The van der Waals surface area contributed by atoms with E-state index in [4.69, 9.17) is 9.47 Å². The Balaban J connectivity index is 1.89. The van der Waals surface area contributed by atoms with Crippen molar-refractivity contribution >= 4 is 11.9 Å². The molecule has 6 nitrogen and oxygen atoms in total. The van der Waals surface area contributed by atoms with Crippen molar-refractivity contribution < 1.29 is 14.3 Å². The van der Waals surface area contributed by atoms with E-state index < -0.39 is 0 Å². The van der Waals surface area contributed by atoms with Gasteiger partial charge in [0, 0.05) is 17.3 Å². The number of benzene rings is 1. The third-order valence-electron chi connectivity index (χ3n) is 3.63. The van der Waals surface area contributed by atoms with Crippen LogP contribution in [0.3, 0.4) is 0 Å². The minimum atomic E-state index is -0.153. The van der Waals surface area contributed by atoms with Gasteiger partial charge in [-0.15, -0.1) is 0 Å².